The molecule has 0 fully saturated rings. The number of amides is 2. The van der Waals surface area contributed by atoms with Gasteiger partial charge in [0, 0.05) is 12.7 Å². The molecule has 0 radical (unpaired) electrons. The van der Waals surface area contributed by atoms with Crippen LogP contribution < -0.4 is 10.6 Å². The first-order chi connectivity index (χ1) is 7.17. The third kappa shape index (κ3) is 3.09. The lowest BCUT2D eigenvalue weighted by Crippen LogP contribution is -2.24. The highest BCUT2D eigenvalue weighted by Crippen LogP contribution is 2.16. The van der Waals surface area contributed by atoms with Gasteiger partial charge in [0.05, 0.1) is 0 Å². The van der Waals surface area contributed by atoms with E-state index in [1.165, 1.54) is 7.05 Å². The van der Waals surface area contributed by atoms with E-state index < -0.39 is 6.67 Å². The molecule has 1 aromatic rings. The summed E-state index contributed by atoms with van der Waals surface area (Å²) < 4.78 is 12.3. The second kappa shape index (κ2) is 5.14. The lowest BCUT2D eigenvalue weighted by Gasteiger charge is -2.05. The smallest absolute Gasteiger partial charge is 0.318 e. The monoisotopic (exact) mass is 208 g/mol. The van der Waals surface area contributed by atoms with Gasteiger partial charge in [-0.05, 0) is 23.3 Å². The van der Waals surface area contributed by atoms with Gasteiger partial charge in [-0.25, -0.2) is 9.18 Å². The fraction of sp³-hybridized carbons (Fsp3) is 0.182. The van der Waals surface area contributed by atoms with Crippen LogP contribution in [0.3, 0.4) is 0 Å². The minimum absolute atomic E-state index is 0.285. The van der Waals surface area contributed by atoms with Gasteiger partial charge in [0.25, 0.3) is 0 Å². The molecule has 1 rings (SSSR count). The molecule has 0 saturated heterocycles. The fourth-order valence-electron chi connectivity index (χ4n) is 1.06. The number of carbonyl (C=O) groups excluding carboxylic acids is 1. The summed E-state index contributed by atoms with van der Waals surface area (Å²) in [6.45, 7) is 3.01. The van der Waals surface area contributed by atoms with Crippen LogP contribution in [0.2, 0.25) is 0 Å². The Balaban J connectivity index is 2.72. The molecule has 0 aromatic heterocycles. The highest BCUT2D eigenvalue weighted by Gasteiger charge is 2.00. The maximum atomic E-state index is 12.3. The van der Waals surface area contributed by atoms with Crippen molar-refractivity contribution in [2.75, 3.05) is 19.0 Å². The normalized spacial score (nSPS) is 9.47. The predicted molar refractivity (Wildman–Crippen MR) is 59.5 cm³/mol. The van der Waals surface area contributed by atoms with Crippen molar-refractivity contribution in [2.45, 2.75) is 0 Å². The molecular weight excluding hydrogens is 195 g/mol. The van der Waals surface area contributed by atoms with Crippen molar-refractivity contribution in [2.24, 2.45) is 0 Å². The Labute approximate surface area is 88.0 Å². The molecule has 0 aliphatic rings. The molecular formula is C11H13FN2O. The highest BCUT2D eigenvalue weighted by molar-refractivity contribution is 5.89. The molecule has 15 heavy (non-hydrogen) atoms. The Morgan fingerprint density at radius 1 is 1.40 bits per heavy atom. The number of urea groups is 1. The lowest BCUT2D eigenvalue weighted by atomic mass is 10.1. The standard InChI is InChI=1S/C11H13FN2O/c1-8(7-12)9-3-5-10(6-4-9)14-11(15)13-2/h3-6H,1,7H2,2H3,(H2,13,14,15). The van der Waals surface area contributed by atoms with E-state index in [9.17, 15) is 9.18 Å². The average molecular weight is 208 g/mol. The molecule has 2 amide bonds. The molecule has 3 nitrogen and oxygen atoms in total. The number of nitrogens with one attached hydrogen (secondary N) is 2. The van der Waals surface area contributed by atoms with Crippen LogP contribution in [0.15, 0.2) is 30.8 Å². The second-order valence-electron chi connectivity index (χ2n) is 3.02. The SMILES string of the molecule is C=C(CF)c1ccc(NC(=O)NC)cc1. The van der Waals surface area contributed by atoms with E-state index >= 15 is 0 Å². The van der Waals surface area contributed by atoms with Crippen molar-refractivity contribution in [3.8, 4) is 0 Å². The fourth-order valence-corrected chi connectivity index (χ4v) is 1.06. The molecule has 80 valence electrons. The number of alkyl halides is 1. The number of anilines is 1. The Kier molecular flexibility index (Phi) is 3.85. The zero-order chi connectivity index (χ0) is 11.3. The van der Waals surface area contributed by atoms with Gasteiger partial charge >= 0.3 is 6.03 Å². The molecule has 4 heteroatoms. The lowest BCUT2D eigenvalue weighted by molar-refractivity contribution is 0.254. The summed E-state index contributed by atoms with van der Waals surface area (Å²) in [5.74, 6) is 0. The molecule has 2 N–H and O–H groups in total. The first-order valence-electron chi connectivity index (χ1n) is 4.50. The third-order valence-corrected chi connectivity index (χ3v) is 1.94. The van der Waals surface area contributed by atoms with E-state index in [-0.39, 0.29) is 6.03 Å². The number of rotatable bonds is 3. The summed E-state index contributed by atoms with van der Waals surface area (Å²) >= 11 is 0. The van der Waals surface area contributed by atoms with Crippen LogP contribution in [0.5, 0.6) is 0 Å². The van der Waals surface area contributed by atoms with Crippen molar-refractivity contribution in [3.63, 3.8) is 0 Å². The van der Waals surface area contributed by atoms with E-state index in [1.807, 2.05) is 0 Å². The average Bonchev–Trinajstić information content (AvgIpc) is 2.29. The van der Waals surface area contributed by atoms with Crippen molar-refractivity contribution < 1.29 is 9.18 Å². The Morgan fingerprint density at radius 3 is 2.47 bits per heavy atom. The minimum atomic E-state index is -0.567. The summed E-state index contributed by atoms with van der Waals surface area (Å²) in [7, 11) is 1.54. The Bertz CT molecular complexity index is 359. The molecule has 0 atom stereocenters. The summed E-state index contributed by atoms with van der Waals surface area (Å²) in [5.41, 5.74) is 1.83. The van der Waals surface area contributed by atoms with E-state index in [0.717, 1.165) is 5.56 Å². The van der Waals surface area contributed by atoms with Crippen LogP contribution in [0.25, 0.3) is 5.57 Å². The van der Waals surface area contributed by atoms with Crippen LogP contribution in [-0.2, 0) is 0 Å². The third-order valence-electron chi connectivity index (χ3n) is 1.94. The predicted octanol–water partition coefficient (Wildman–Crippen LogP) is 2.42. The van der Waals surface area contributed by atoms with E-state index in [4.69, 9.17) is 0 Å². The molecule has 0 aliphatic heterocycles. The van der Waals surface area contributed by atoms with Crippen LogP contribution in [0.1, 0.15) is 5.56 Å². The number of benzene rings is 1. The van der Waals surface area contributed by atoms with Gasteiger partial charge in [0.1, 0.15) is 6.67 Å². The minimum Gasteiger partial charge on any atom is -0.341 e. The van der Waals surface area contributed by atoms with Crippen molar-refractivity contribution in [1.82, 2.24) is 5.32 Å². The molecule has 0 spiro atoms. The van der Waals surface area contributed by atoms with Gasteiger partial charge in [-0.2, -0.15) is 0 Å². The molecule has 0 heterocycles. The summed E-state index contributed by atoms with van der Waals surface area (Å²) in [4.78, 5) is 11.0. The van der Waals surface area contributed by atoms with Crippen LogP contribution in [0, 0.1) is 0 Å². The first kappa shape index (κ1) is 11.2. The van der Waals surface area contributed by atoms with Gasteiger partial charge in [-0.15, -0.1) is 0 Å². The summed E-state index contributed by atoms with van der Waals surface area (Å²) in [6.07, 6.45) is 0. The Morgan fingerprint density at radius 2 is 2.00 bits per heavy atom. The molecule has 0 unspecified atom stereocenters. The first-order valence-corrected chi connectivity index (χ1v) is 4.50. The van der Waals surface area contributed by atoms with Gasteiger partial charge in [0.15, 0.2) is 0 Å². The van der Waals surface area contributed by atoms with E-state index in [2.05, 4.69) is 17.2 Å². The quantitative estimate of drug-likeness (QED) is 0.786. The molecule has 1 aromatic carbocycles. The molecule has 0 bridgehead atoms. The maximum absolute atomic E-state index is 12.3. The zero-order valence-corrected chi connectivity index (χ0v) is 8.51. The maximum Gasteiger partial charge on any atom is 0.318 e. The van der Waals surface area contributed by atoms with Crippen LogP contribution >= 0.6 is 0 Å². The largest absolute Gasteiger partial charge is 0.341 e. The van der Waals surface area contributed by atoms with Crippen LogP contribution in [-0.4, -0.2) is 19.8 Å². The van der Waals surface area contributed by atoms with Crippen molar-refractivity contribution in [1.29, 1.82) is 0 Å². The number of allylic oxidation sites excluding steroid dienone is 1. The molecule has 0 aliphatic carbocycles. The number of halogens is 1. The molecule has 0 saturated carbocycles. The van der Waals surface area contributed by atoms with Gasteiger partial charge in [0.2, 0.25) is 0 Å². The summed E-state index contributed by atoms with van der Waals surface area (Å²) in [5, 5.41) is 5.04. The van der Waals surface area contributed by atoms with Crippen LogP contribution in [0.4, 0.5) is 14.9 Å². The van der Waals surface area contributed by atoms with Gasteiger partial charge < -0.3 is 10.6 Å². The number of carbonyl (C=O) groups is 1. The number of hydrogen-bond acceptors (Lipinski definition) is 1. The zero-order valence-electron chi connectivity index (χ0n) is 8.51. The summed E-state index contributed by atoms with van der Waals surface area (Å²) in [6, 6.07) is 6.55. The van der Waals surface area contributed by atoms with Crippen molar-refractivity contribution in [3.05, 3.63) is 36.4 Å². The van der Waals surface area contributed by atoms with Gasteiger partial charge in [-0.3, -0.25) is 0 Å². The van der Waals surface area contributed by atoms with E-state index in [1.54, 1.807) is 24.3 Å². The topological polar surface area (TPSA) is 41.1 Å². The van der Waals surface area contributed by atoms with E-state index in [0.29, 0.717) is 11.3 Å². The van der Waals surface area contributed by atoms with Crippen molar-refractivity contribution >= 4 is 17.3 Å². The Hall–Kier alpha value is -1.84. The van der Waals surface area contributed by atoms with Gasteiger partial charge in [-0.1, -0.05) is 18.7 Å². The second-order valence-corrected chi connectivity index (χ2v) is 3.02. The highest BCUT2D eigenvalue weighted by atomic mass is 19.1. The number of hydrogen-bond donors (Lipinski definition) is 2.